The van der Waals surface area contributed by atoms with Crippen LogP contribution >= 0.6 is 0 Å². The Balaban J connectivity index is 1.29. The number of carbonyl (C=O) groups excluding carboxylic acids is 2. The van der Waals surface area contributed by atoms with E-state index in [0.29, 0.717) is 44.0 Å². The summed E-state index contributed by atoms with van der Waals surface area (Å²) in [7, 11) is 0. The van der Waals surface area contributed by atoms with E-state index in [0.717, 1.165) is 11.3 Å². The molecular weight excluding hydrogens is 419 g/mol. The molecule has 0 saturated carbocycles. The molecule has 0 radical (unpaired) electrons. The molecule has 0 aromatic heterocycles. The van der Waals surface area contributed by atoms with Crippen molar-refractivity contribution in [3.05, 3.63) is 95.8 Å². The number of nitrogens with one attached hydrogen (secondary N) is 2. The highest BCUT2D eigenvalue weighted by atomic mass is 19.1. The van der Waals surface area contributed by atoms with E-state index in [2.05, 4.69) is 15.5 Å². The third kappa shape index (κ3) is 5.88. The zero-order valence-corrected chi connectivity index (χ0v) is 18.3. The second-order valence-corrected chi connectivity index (χ2v) is 7.91. The van der Waals surface area contributed by atoms with Gasteiger partial charge in [0.2, 0.25) is 5.91 Å². The zero-order chi connectivity index (χ0) is 23.0. The molecule has 1 fully saturated rings. The van der Waals surface area contributed by atoms with Crippen LogP contribution in [0.15, 0.2) is 78.9 Å². The number of rotatable bonds is 7. The molecule has 170 valence electrons. The zero-order valence-electron chi connectivity index (χ0n) is 18.3. The Bertz CT molecular complexity index is 1080. The van der Waals surface area contributed by atoms with Gasteiger partial charge in [-0.05, 0) is 42.0 Å². The van der Waals surface area contributed by atoms with Gasteiger partial charge in [0, 0.05) is 44.1 Å². The summed E-state index contributed by atoms with van der Waals surface area (Å²) >= 11 is 0. The van der Waals surface area contributed by atoms with Crippen molar-refractivity contribution in [2.75, 3.05) is 42.9 Å². The molecule has 0 unspecified atom stereocenters. The van der Waals surface area contributed by atoms with Crippen LogP contribution in [0.1, 0.15) is 15.9 Å². The standard InChI is InChI=1S/C26H27FN4O2/c27-21-10-12-22(13-11-21)30-14-16-31(17-15-30)25(32)19-28-24-9-5-4-8-23(24)26(33)29-18-20-6-2-1-3-7-20/h1-13,28H,14-19H2,(H,29,33). The number of anilines is 2. The summed E-state index contributed by atoms with van der Waals surface area (Å²) in [6, 6.07) is 23.3. The van der Waals surface area contributed by atoms with Gasteiger partial charge in [-0.15, -0.1) is 0 Å². The van der Waals surface area contributed by atoms with Crippen LogP contribution in [0.5, 0.6) is 0 Å². The van der Waals surface area contributed by atoms with Gasteiger partial charge in [0.05, 0.1) is 12.1 Å². The van der Waals surface area contributed by atoms with Gasteiger partial charge in [0.15, 0.2) is 0 Å². The fourth-order valence-corrected chi connectivity index (χ4v) is 3.86. The number of amides is 2. The van der Waals surface area contributed by atoms with Gasteiger partial charge in [0.25, 0.3) is 5.91 Å². The molecule has 1 aliphatic heterocycles. The molecule has 0 bridgehead atoms. The molecule has 2 amide bonds. The van der Waals surface area contributed by atoms with Gasteiger partial charge >= 0.3 is 0 Å². The molecule has 0 aliphatic carbocycles. The summed E-state index contributed by atoms with van der Waals surface area (Å²) < 4.78 is 13.1. The molecule has 0 spiro atoms. The van der Waals surface area contributed by atoms with Crippen molar-refractivity contribution in [2.24, 2.45) is 0 Å². The fourth-order valence-electron chi connectivity index (χ4n) is 3.86. The van der Waals surface area contributed by atoms with Crippen molar-refractivity contribution >= 4 is 23.2 Å². The molecule has 4 rings (SSSR count). The number of hydrogen-bond donors (Lipinski definition) is 2. The second-order valence-electron chi connectivity index (χ2n) is 7.91. The lowest BCUT2D eigenvalue weighted by molar-refractivity contribution is -0.129. The lowest BCUT2D eigenvalue weighted by Gasteiger charge is -2.36. The number of piperazine rings is 1. The SMILES string of the molecule is O=C(NCc1ccccc1)c1ccccc1NCC(=O)N1CCN(c2ccc(F)cc2)CC1. The van der Waals surface area contributed by atoms with Gasteiger partial charge < -0.3 is 20.4 Å². The molecule has 6 nitrogen and oxygen atoms in total. The average Bonchev–Trinajstić information content (AvgIpc) is 2.87. The molecule has 1 saturated heterocycles. The summed E-state index contributed by atoms with van der Waals surface area (Å²) in [5.74, 6) is -0.469. The topological polar surface area (TPSA) is 64.7 Å². The monoisotopic (exact) mass is 446 g/mol. The molecule has 0 atom stereocenters. The normalized spacial score (nSPS) is 13.5. The van der Waals surface area contributed by atoms with E-state index in [9.17, 15) is 14.0 Å². The van der Waals surface area contributed by atoms with Crippen molar-refractivity contribution in [3.8, 4) is 0 Å². The first-order valence-electron chi connectivity index (χ1n) is 11.0. The Morgan fingerprint density at radius 2 is 1.48 bits per heavy atom. The quantitative estimate of drug-likeness (QED) is 0.583. The van der Waals surface area contributed by atoms with Crippen LogP contribution < -0.4 is 15.5 Å². The first-order chi connectivity index (χ1) is 16.1. The van der Waals surface area contributed by atoms with Crippen LogP contribution in [0.4, 0.5) is 15.8 Å². The molecular formula is C26H27FN4O2. The summed E-state index contributed by atoms with van der Waals surface area (Å²) in [4.78, 5) is 29.4. The van der Waals surface area contributed by atoms with Crippen molar-refractivity contribution in [1.29, 1.82) is 0 Å². The van der Waals surface area contributed by atoms with Gasteiger partial charge in [0.1, 0.15) is 5.82 Å². The minimum absolute atomic E-state index is 0.0201. The van der Waals surface area contributed by atoms with E-state index in [1.165, 1.54) is 12.1 Å². The van der Waals surface area contributed by atoms with Crippen molar-refractivity contribution in [3.63, 3.8) is 0 Å². The molecule has 33 heavy (non-hydrogen) atoms. The number of hydrogen-bond acceptors (Lipinski definition) is 4. The largest absolute Gasteiger partial charge is 0.376 e. The van der Waals surface area contributed by atoms with Gasteiger partial charge in [-0.1, -0.05) is 42.5 Å². The third-order valence-electron chi connectivity index (χ3n) is 5.72. The summed E-state index contributed by atoms with van der Waals surface area (Å²) in [5.41, 5.74) is 3.10. The molecule has 3 aromatic carbocycles. The molecule has 7 heteroatoms. The molecule has 3 aromatic rings. The van der Waals surface area contributed by atoms with Crippen molar-refractivity contribution in [1.82, 2.24) is 10.2 Å². The highest BCUT2D eigenvalue weighted by Gasteiger charge is 2.21. The highest BCUT2D eigenvalue weighted by molar-refractivity contribution is 6.00. The van der Waals surface area contributed by atoms with Crippen LogP contribution in [-0.4, -0.2) is 49.4 Å². The Morgan fingerprint density at radius 1 is 0.818 bits per heavy atom. The number of para-hydroxylation sites is 1. The van der Waals surface area contributed by atoms with Gasteiger partial charge in [-0.25, -0.2) is 4.39 Å². The second kappa shape index (κ2) is 10.6. The van der Waals surface area contributed by atoms with E-state index in [1.807, 2.05) is 41.3 Å². The smallest absolute Gasteiger partial charge is 0.253 e. The van der Waals surface area contributed by atoms with Crippen molar-refractivity contribution in [2.45, 2.75) is 6.54 Å². The fraction of sp³-hybridized carbons (Fsp3) is 0.231. The maximum absolute atomic E-state index is 13.1. The predicted octanol–water partition coefficient (Wildman–Crippen LogP) is 3.52. The Morgan fingerprint density at radius 3 is 2.21 bits per heavy atom. The van der Waals surface area contributed by atoms with Crippen LogP contribution in [0.25, 0.3) is 0 Å². The first kappa shape index (κ1) is 22.3. The maximum Gasteiger partial charge on any atom is 0.253 e. The first-order valence-corrected chi connectivity index (χ1v) is 11.0. The summed E-state index contributed by atoms with van der Waals surface area (Å²) in [5, 5.41) is 6.06. The van der Waals surface area contributed by atoms with E-state index in [4.69, 9.17) is 0 Å². The lowest BCUT2D eigenvalue weighted by atomic mass is 10.1. The number of carbonyl (C=O) groups is 2. The number of halogens is 1. The van der Waals surface area contributed by atoms with Gasteiger partial charge in [-0.3, -0.25) is 9.59 Å². The molecule has 1 aliphatic rings. The maximum atomic E-state index is 13.1. The van der Waals surface area contributed by atoms with Crippen LogP contribution in [-0.2, 0) is 11.3 Å². The van der Waals surface area contributed by atoms with E-state index >= 15 is 0 Å². The van der Waals surface area contributed by atoms with Crippen molar-refractivity contribution < 1.29 is 14.0 Å². The Hall–Kier alpha value is -3.87. The van der Waals surface area contributed by atoms with E-state index in [1.54, 1.807) is 30.3 Å². The molecule has 2 N–H and O–H groups in total. The Labute approximate surface area is 193 Å². The lowest BCUT2D eigenvalue weighted by Crippen LogP contribution is -2.50. The van der Waals surface area contributed by atoms with Crippen LogP contribution in [0.2, 0.25) is 0 Å². The minimum Gasteiger partial charge on any atom is -0.376 e. The third-order valence-corrected chi connectivity index (χ3v) is 5.72. The van der Waals surface area contributed by atoms with Crippen LogP contribution in [0.3, 0.4) is 0 Å². The predicted molar refractivity (Wildman–Crippen MR) is 128 cm³/mol. The van der Waals surface area contributed by atoms with Crippen LogP contribution in [0, 0.1) is 5.82 Å². The number of nitrogens with zero attached hydrogens (tertiary/aromatic N) is 2. The van der Waals surface area contributed by atoms with E-state index in [-0.39, 0.29) is 24.2 Å². The summed E-state index contributed by atoms with van der Waals surface area (Å²) in [6.07, 6.45) is 0. The Kier molecular flexibility index (Phi) is 7.19. The average molecular weight is 447 g/mol. The summed E-state index contributed by atoms with van der Waals surface area (Å²) in [6.45, 7) is 3.12. The highest BCUT2D eigenvalue weighted by Crippen LogP contribution is 2.18. The number of benzene rings is 3. The minimum atomic E-state index is -0.257. The van der Waals surface area contributed by atoms with Gasteiger partial charge in [-0.2, -0.15) is 0 Å². The molecule has 1 heterocycles. The van der Waals surface area contributed by atoms with E-state index < -0.39 is 0 Å².